The van der Waals surface area contributed by atoms with Crippen LogP contribution >= 0.6 is 0 Å². The number of β-amino-alcohol motifs (C(OH)–C–C–N with tert-alkyl or cyclic N) is 1. The number of nitrogens with zero attached hydrogens (tertiary/aromatic N) is 3. The fourth-order valence-electron chi connectivity index (χ4n) is 3.41. The van der Waals surface area contributed by atoms with Crippen LogP contribution in [-0.2, 0) is 17.8 Å². The zero-order chi connectivity index (χ0) is 22.1. The maximum Gasteiger partial charge on any atom is 0.251 e. The van der Waals surface area contributed by atoms with Crippen LogP contribution in [0.4, 0.5) is 5.69 Å². The van der Waals surface area contributed by atoms with Gasteiger partial charge in [-0.15, -0.1) is 0 Å². The summed E-state index contributed by atoms with van der Waals surface area (Å²) in [6.45, 7) is 7.42. The van der Waals surface area contributed by atoms with Gasteiger partial charge in [-0.1, -0.05) is 30.3 Å². The average Bonchev–Trinajstić information content (AvgIpc) is 2.78. The van der Waals surface area contributed by atoms with E-state index in [1.165, 1.54) is 17.3 Å². The number of fused-ring (bicyclic) bond motifs is 1. The normalized spacial score (nSPS) is 15.4. The molecule has 1 amide bonds. The fraction of sp³-hybridized carbons (Fsp3) is 0.292. The zero-order valence-electron chi connectivity index (χ0n) is 17.7. The molecule has 0 aliphatic carbocycles. The summed E-state index contributed by atoms with van der Waals surface area (Å²) in [4.78, 5) is 14.5. The van der Waals surface area contributed by atoms with Gasteiger partial charge >= 0.3 is 0 Å². The first-order valence-electron chi connectivity index (χ1n) is 10.2. The number of nitrogens with one attached hydrogen (secondary N) is 1. The molecular weight excluding hydrogens is 392 g/mol. The van der Waals surface area contributed by atoms with Crippen molar-refractivity contribution < 1.29 is 14.6 Å². The number of hydrogen-bond donors (Lipinski definition) is 2. The molecule has 162 valence electrons. The van der Waals surface area contributed by atoms with Gasteiger partial charge in [0.15, 0.2) is 0 Å². The van der Waals surface area contributed by atoms with E-state index in [0.29, 0.717) is 23.6 Å². The predicted molar refractivity (Wildman–Crippen MR) is 124 cm³/mol. The Morgan fingerprint density at radius 2 is 2.10 bits per heavy atom. The first-order valence-corrected chi connectivity index (χ1v) is 10.2. The number of aliphatic hydroxyl groups is 1. The van der Waals surface area contributed by atoms with Crippen molar-refractivity contribution in [2.75, 3.05) is 25.0 Å². The van der Waals surface area contributed by atoms with Crippen LogP contribution in [0.2, 0.25) is 0 Å². The molecular formula is C24H28N4O3. The Bertz CT molecular complexity index is 971. The molecule has 0 saturated carbocycles. The molecule has 2 aromatic carbocycles. The van der Waals surface area contributed by atoms with Crippen molar-refractivity contribution in [3.8, 4) is 5.75 Å². The van der Waals surface area contributed by atoms with Crippen molar-refractivity contribution in [1.82, 2.24) is 4.90 Å². The van der Waals surface area contributed by atoms with Crippen molar-refractivity contribution in [2.24, 2.45) is 10.2 Å². The van der Waals surface area contributed by atoms with E-state index in [9.17, 15) is 9.90 Å². The Balaban J connectivity index is 1.48. The van der Waals surface area contributed by atoms with Gasteiger partial charge < -0.3 is 15.2 Å². The number of amides is 1. The molecule has 31 heavy (non-hydrogen) atoms. The summed E-state index contributed by atoms with van der Waals surface area (Å²) in [5.41, 5.74) is 3.80. The maximum atomic E-state index is 12.2. The minimum atomic E-state index is -0.605. The molecule has 7 heteroatoms. The van der Waals surface area contributed by atoms with Crippen LogP contribution in [-0.4, -0.2) is 54.6 Å². The monoisotopic (exact) mass is 420 g/mol. The van der Waals surface area contributed by atoms with Gasteiger partial charge in [-0.3, -0.25) is 9.69 Å². The molecule has 0 bridgehead atoms. The van der Waals surface area contributed by atoms with Crippen molar-refractivity contribution in [3.05, 3.63) is 71.3 Å². The third kappa shape index (κ3) is 6.87. The van der Waals surface area contributed by atoms with Crippen LogP contribution < -0.4 is 10.1 Å². The van der Waals surface area contributed by atoms with E-state index in [0.717, 1.165) is 19.5 Å². The number of hydrogen-bond acceptors (Lipinski definition) is 6. The summed E-state index contributed by atoms with van der Waals surface area (Å²) in [6.07, 6.45) is 3.35. The number of carbonyl (C=O) groups is 1. The predicted octanol–water partition coefficient (Wildman–Crippen LogP) is 3.06. The third-order valence-electron chi connectivity index (χ3n) is 5.04. The first-order chi connectivity index (χ1) is 15.0. The Labute approximate surface area is 182 Å². The van der Waals surface area contributed by atoms with E-state index in [4.69, 9.17) is 4.74 Å². The number of benzene rings is 2. The van der Waals surface area contributed by atoms with Crippen molar-refractivity contribution in [3.63, 3.8) is 0 Å². The summed E-state index contributed by atoms with van der Waals surface area (Å²) >= 11 is 0. The Morgan fingerprint density at radius 1 is 1.29 bits per heavy atom. The highest BCUT2D eigenvalue weighted by Gasteiger charge is 2.18. The molecule has 2 aromatic rings. The molecule has 7 nitrogen and oxygen atoms in total. The summed E-state index contributed by atoms with van der Waals surface area (Å²) in [5, 5.41) is 20.2. The van der Waals surface area contributed by atoms with Gasteiger partial charge in [0.2, 0.25) is 0 Å². The second-order valence-corrected chi connectivity index (χ2v) is 7.46. The number of carbonyl (C=O) groups excluding carboxylic acids is 1. The Hall–Kier alpha value is -3.29. The van der Waals surface area contributed by atoms with Crippen LogP contribution in [0, 0.1) is 0 Å². The van der Waals surface area contributed by atoms with Crippen LogP contribution in [0.5, 0.6) is 5.75 Å². The second-order valence-electron chi connectivity index (χ2n) is 7.46. The third-order valence-corrected chi connectivity index (χ3v) is 5.04. The lowest BCUT2D eigenvalue weighted by molar-refractivity contribution is -0.112. The molecule has 0 aromatic heterocycles. The van der Waals surface area contributed by atoms with Crippen molar-refractivity contribution in [1.29, 1.82) is 0 Å². The number of rotatable bonds is 9. The van der Waals surface area contributed by atoms with Crippen LogP contribution in [0.3, 0.4) is 0 Å². The Morgan fingerprint density at radius 3 is 2.90 bits per heavy atom. The highest BCUT2D eigenvalue weighted by Crippen LogP contribution is 2.20. The van der Waals surface area contributed by atoms with Crippen molar-refractivity contribution in [2.45, 2.75) is 26.0 Å². The minimum absolute atomic E-state index is 0.180. The highest BCUT2D eigenvalue weighted by molar-refractivity contribution is 6.05. The molecule has 2 N–H and O–H groups in total. The van der Waals surface area contributed by atoms with Crippen LogP contribution in [0.25, 0.3) is 0 Å². The van der Waals surface area contributed by atoms with Crippen LogP contribution in [0.15, 0.2) is 70.4 Å². The van der Waals surface area contributed by atoms with Gasteiger partial charge in [0.25, 0.3) is 5.91 Å². The summed E-state index contributed by atoms with van der Waals surface area (Å²) in [6, 6.07) is 15.5. The smallest absolute Gasteiger partial charge is 0.251 e. The van der Waals surface area contributed by atoms with Gasteiger partial charge in [-0.25, -0.2) is 0 Å². The van der Waals surface area contributed by atoms with Gasteiger partial charge in [0.1, 0.15) is 18.5 Å². The topological polar surface area (TPSA) is 86.5 Å². The number of aliphatic hydroxyl groups excluding tert-OH is 1. The van der Waals surface area contributed by atoms with E-state index in [1.807, 2.05) is 0 Å². The number of allylic oxidation sites excluding steroid dienone is 1. The van der Waals surface area contributed by atoms with Crippen molar-refractivity contribution >= 4 is 24.5 Å². The van der Waals surface area contributed by atoms with E-state index >= 15 is 0 Å². The van der Waals surface area contributed by atoms with Gasteiger partial charge in [0.05, 0.1) is 0 Å². The lowest BCUT2D eigenvalue weighted by Crippen LogP contribution is -2.38. The fourth-order valence-corrected chi connectivity index (χ4v) is 3.41. The van der Waals surface area contributed by atoms with Gasteiger partial charge in [-0.2, -0.15) is 10.2 Å². The molecule has 0 fully saturated rings. The standard InChI is InChI=1S/C24H28N4O3/c1-18(10-12-26-25-2)24(30)27-21-8-5-9-23(14-21)31-17-22(29)16-28-13-11-19-6-3-4-7-20(19)15-28/h3-10,12,14,22,29H,2,11,13,15-17H2,1H3,(H,27,30)/b18-10+,26-12-. The molecule has 1 heterocycles. The quantitative estimate of drug-likeness (QED) is 0.371. The molecule has 1 atom stereocenters. The molecule has 1 aliphatic heterocycles. The SMILES string of the molecule is C=N/N=C\C=C(/C)C(=O)Nc1cccc(OCC(O)CN2CCc3ccccc3C2)c1. The Kier molecular flexibility index (Phi) is 8.09. The van der Waals surface area contributed by atoms with E-state index in [2.05, 4.69) is 51.4 Å². The molecule has 0 radical (unpaired) electrons. The molecule has 0 spiro atoms. The molecule has 3 rings (SSSR count). The lowest BCUT2D eigenvalue weighted by Gasteiger charge is -2.30. The summed E-state index contributed by atoms with van der Waals surface area (Å²) in [7, 11) is 0. The summed E-state index contributed by atoms with van der Waals surface area (Å²) in [5.74, 6) is 0.331. The number of anilines is 1. The summed E-state index contributed by atoms with van der Waals surface area (Å²) < 4.78 is 5.76. The highest BCUT2D eigenvalue weighted by atomic mass is 16.5. The van der Waals surface area contributed by atoms with Gasteiger partial charge in [-0.05, 0) is 42.7 Å². The minimum Gasteiger partial charge on any atom is -0.491 e. The van der Waals surface area contributed by atoms with E-state index in [1.54, 1.807) is 37.3 Å². The second kappa shape index (κ2) is 11.2. The molecule has 0 saturated heterocycles. The zero-order valence-corrected chi connectivity index (χ0v) is 17.7. The first kappa shape index (κ1) is 22.4. The molecule has 1 aliphatic rings. The lowest BCUT2D eigenvalue weighted by atomic mass is 10.00. The largest absolute Gasteiger partial charge is 0.491 e. The maximum absolute atomic E-state index is 12.2. The van der Waals surface area contributed by atoms with E-state index < -0.39 is 6.10 Å². The van der Waals surface area contributed by atoms with Crippen LogP contribution in [0.1, 0.15) is 18.1 Å². The van der Waals surface area contributed by atoms with Gasteiger partial charge in [0, 0.05) is 49.9 Å². The average molecular weight is 421 g/mol. The number of ether oxygens (including phenoxy) is 1. The molecule has 1 unspecified atom stereocenters. The van der Waals surface area contributed by atoms with E-state index in [-0.39, 0.29) is 12.5 Å².